The lowest BCUT2D eigenvalue weighted by Crippen LogP contribution is -2.56. The first-order chi connectivity index (χ1) is 8.16. The van der Waals surface area contributed by atoms with E-state index >= 15 is 0 Å². The first kappa shape index (κ1) is 12.9. The smallest absolute Gasteiger partial charge is 0.326 e. The molecule has 0 aliphatic heterocycles. The fourth-order valence-electron chi connectivity index (χ4n) is 2.90. The number of hydrogen-bond donors (Lipinski definition) is 1. The molecule has 1 N–H and O–H groups in total. The van der Waals surface area contributed by atoms with Crippen LogP contribution in [0.25, 0.3) is 0 Å². The van der Waals surface area contributed by atoms with E-state index in [1.807, 2.05) is 6.92 Å². The fourth-order valence-corrected chi connectivity index (χ4v) is 2.90. The quantitative estimate of drug-likeness (QED) is 0.749. The van der Waals surface area contributed by atoms with Gasteiger partial charge in [-0.2, -0.15) is 0 Å². The molecule has 0 amide bonds. The van der Waals surface area contributed by atoms with Gasteiger partial charge in [0.15, 0.2) is 0 Å². The first-order valence-corrected chi connectivity index (χ1v) is 7.08. The van der Waals surface area contributed by atoms with Crippen molar-refractivity contribution in [2.75, 3.05) is 13.2 Å². The molecule has 2 atom stereocenters. The van der Waals surface area contributed by atoms with E-state index in [1.54, 1.807) is 0 Å². The lowest BCUT2D eigenvalue weighted by atomic mass is 9.76. The van der Waals surface area contributed by atoms with Crippen LogP contribution in [0, 0.1) is 11.8 Å². The Morgan fingerprint density at radius 2 is 2.18 bits per heavy atom. The van der Waals surface area contributed by atoms with Gasteiger partial charge < -0.3 is 10.1 Å². The average molecular weight is 239 g/mol. The minimum atomic E-state index is -0.379. The fraction of sp³-hybridized carbons (Fsp3) is 0.929. The Morgan fingerprint density at radius 3 is 2.76 bits per heavy atom. The summed E-state index contributed by atoms with van der Waals surface area (Å²) in [4.78, 5) is 12.2. The van der Waals surface area contributed by atoms with E-state index < -0.39 is 0 Å². The van der Waals surface area contributed by atoms with Gasteiger partial charge in [0.05, 0.1) is 6.61 Å². The summed E-state index contributed by atoms with van der Waals surface area (Å²) in [6, 6.07) is 0. The second-order valence-corrected chi connectivity index (χ2v) is 5.83. The molecule has 0 aromatic rings. The number of esters is 1. The van der Waals surface area contributed by atoms with Crippen molar-refractivity contribution in [3.63, 3.8) is 0 Å². The third-order valence-electron chi connectivity index (χ3n) is 4.09. The third kappa shape index (κ3) is 3.21. The summed E-state index contributed by atoms with van der Waals surface area (Å²) in [6.45, 7) is 5.61. The molecular formula is C14H25NO2. The van der Waals surface area contributed by atoms with Crippen LogP contribution in [-0.4, -0.2) is 24.7 Å². The summed E-state index contributed by atoms with van der Waals surface area (Å²) in [5.74, 6) is 1.41. The lowest BCUT2D eigenvalue weighted by Gasteiger charge is -2.38. The molecule has 0 heterocycles. The normalized spacial score (nSPS) is 33.4. The molecule has 0 radical (unpaired) electrons. The number of carbonyl (C=O) groups excluding carboxylic acids is 1. The van der Waals surface area contributed by atoms with Crippen LogP contribution in [0.4, 0.5) is 0 Å². The van der Waals surface area contributed by atoms with Gasteiger partial charge in [0, 0.05) is 0 Å². The van der Waals surface area contributed by atoms with Crippen molar-refractivity contribution in [2.45, 2.75) is 57.9 Å². The van der Waals surface area contributed by atoms with E-state index in [0.29, 0.717) is 12.5 Å². The van der Waals surface area contributed by atoms with Crippen LogP contribution in [-0.2, 0) is 9.53 Å². The topological polar surface area (TPSA) is 38.3 Å². The Morgan fingerprint density at radius 1 is 1.41 bits per heavy atom. The van der Waals surface area contributed by atoms with Crippen molar-refractivity contribution in [3.05, 3.63) is 0 Å². The molecule has 0 spiro atoms. The zero-order valence-corrected chi connectivity index (χ0v) is 11.1. The Kier molecular flexibility index (Phi) is 4.08. The summed E-state index contributed by atoms with van der Waals surface area (Å²) in [5, 5.41) is 3.54. The van der Waals surface area contributed by atoms with Crippen LogP contribution in [0.5, 0.6) is 0 Å². The molecule has 2 saturated carbocycles. The zero-order valence-electron chi connectivity index (χ0n) is 11.1. The molecule has 0 aromatic heterocycles. The highest BCUT2D eigenvalue weighted by Crippen LogP contribution is 2.35. The Labute approximate surface area is 104 Å². The SMILES string of the molecule is CCOC(=O)C1(NCC2CC2)CCCC(C)C1. The summed E-state index contributed by atoms with van der Waals surface area (Å²) >= 11 is 0. The number of hydrogen-bond acceptors (Lipinski definition) is 3. The van der Waals surface area contributed by atoms with Gasteiger partial charge in [-0.25, -0.2) is 0 Å². The van der Waals surface area contributed by atoms with Gasteiger partial charge in [0.2, 0.25) is 0 Å². The Balaban J connectivity index is 1.99. The predicted octanol–water partition coefficient (Wildman–Crippen LogP) is 2.50. The zero-order chi connectivity index (χ0) is 12.3. The first-order valence-electron chi connectivity index (χ1n) is 7.08. The van der Waals surface area contributed by atoms with Crippen molar-refractivity contribution >= 4 is 5.97 Å². The lowest BCUT2D eigenvalue weighted by molar-refractivity contribution is -0.153. The van der Waals surface area contributed by atoms with Gasteiger partial charge in [-0.1, -0.05) is 19.8 Å². The van der Waals surface area contributed by atoms with Crippen molar-refractivity contribution in [3.8, 4) is 0 Å². The molecule has 2 fully saturated rings. The number of rotatable bonds is 5. The Hall–Kier alpha value is -0.570. The summed E-state index contributed by atoms with van der Waals surface area (Å²) < 4.78 is 5.28. The molecule has 17 heavy (non-hydrogen) atoms. The van der Waals surface area contributed by atoms with E-state index in [2.05, 4.69) is 12.2 Å². The van der Waals surface area contributed by atoms with Gasteiger partial charge in [-0.3, -0.25) is 4.79 Å². The number of carbonyl (C=O) groups is 1. The van der Waals surface area contributed by atoms with E-state index in [-0.39, 0.29) is 11.5 Å². The maximum atomic E-state index is 12.2. The Bertz CT molecular complexity index is 275. The monoisotopic (exact) mass is 239 g/mol. The highest BCUT2D eigenvalue weighted by molar-refractivity contribution is 5.81. The highest BCUT2D eigenvalue weighted by Gasteiger charge is 2.43. The maximum Gasteiger partial charge on any atom is 0.326 e. The standard InChI is InChI=1S/C14H25NO2/c1-3-17-13(16)14(15-10-12-6-7-12)8-4-5-11(2)9-14/h11-12,15H,3-10H2,1-2H3. The van der Waals surface area contributed by atoms with Crippen LogP contribution >= 0.6 is 0 Å². The molecule has 2 aliphatic rings. The summed E-state index contributed by atoms with van der Waals surface area (Å²) in [5.41, 5.74) is -0.379. The molecule has 2 unspecified atom stereocenters. The molecule has 3 heteroatoms. The van der Waals surface area contributed by atoms with Crippen molar-refractivity contribution in [2.24, 2.45) is 11.8 Å². The van der Waals surface area contributed by atoms with Crippen LogP contribution in [0.3, 0.4) is 0 Å². The van der Waals surface area contributed by atoms with Crippen molar-refractivity contribution < 1.29 is 9.53 Å². The number of nitrogens with one attached hydrogen (secondary N) is 1. The van der Waals surface area contributed by atoms with Gasteiger partial charge in [0.1, 0.15) is 5.54 Å². The van der Waals surface area contributed by atoms with E-state index in [0.717, 1.165) is 31.7 Å². The largest absolute Gasteiger partial charge is 0.465 e. The molecule has 0 bridgehead atoms. The maximum absolute atomic E-state index is 12.2. The second-order valence-electron chi connectivity index (χ2n) is 5.83. The molecule has 2 rings (SSSR count). The molecule has 0 saturated heterocycles. The van der Waals surface area contributed by atoms with Gasteiger partial charge in [0.25, 0.3) is 0 Å². The number of ether oxygens (including phenoxy) is 1. The predicted molar refractivity (Wildman–Crippen MR) is 67.7 cm³/mol. The van der Waals surface area contributed by atoms with Crippen LogP contribution in [0.15, 0.2) is 0 Å². The minimum Gasteiger partial charge on any atom is -0.465 e. The van der Waals surface area contributed by atoms with E-state index in [9.17, 15) is 4.79 Å². The molecule has 2 aliphatic carbocycles. The van der Waals surface area contributed by atoms with E-state index in [4.69, 9.17) is 4.74 Å². The molecule has 98 valence electrons. The van der Waals surface area contributed by atoms with Gasteiger partial charge in [-0.05, 0) is 51.0 Å². The average Bonchev–Trinajstić information content (AvgIpc) is 3.10. The van der Waals surface area contributed by atoms with E-state index in [1.165, 1.54) is 19.3 Å². The van der Waals surface area contributed by atoms with Crippen molar-refractivity contribution in [1.29, 1.82) is 0 Å². The third-order valence-corrected chi connectivity index (χ3v) is 4.09. The van der Waals surface area contributed by atoms with Gasteiger partial charge >= 0.3 is 5.97 Å². The molecular weight excluding hydrogens is 214 g/mol. The highest BCUT2D eigenvalue weighted by atomic mass is 16.5. The molecule has 3 nitrogen and oxygen atoms in total. The summed E-state index contributed by atoms with van der Waals surface area (Å²) in [6.07, 6.45) is 6.91. The van der Waals surface area contributed by atoms with Crippen LogP contribution < -0.4 is 5.32 Å². The van der Waals surface area contributed by atoms with Crippen LogP contribution in [0.2, 0.25) is 0 Å². The summed E-state index contributed by atoms with van der Waals surface area (Å²) in [7, 11) is 0. The van der Waals surface area contributed by atoms with Gasteiger partial charge in [-0.15, -0.1) is 0 Å². The van der Waals surface area contributed by atoms with Crippen molar-refractivity contribution in [1.82, 2.24) is 5.32 Å². The molecule has 0 aromatic carbocycles. The second kappa shape index (κ2) is 5.38. The van der Waals surface area contributed by atoms with Crippen LogP contribution in [0.1, 0.15) is 52.4 Å². The minimum absolute atomic E-state index is 0.0211.